The van der Waals surface area contributed by atoms with Gasteiger partial charge in [-0.15, -0.1) is 11.8 Å². The first kappa shape index (κ1) is 21.1. The van der Waals surface area contributed by atoms with E-state index in [1.807, 2.05) is 73.7 Å². The van der Waals surface area contributed by atoms with E-state index in [1.54, 1.807) is 23.9 Å². The number of oxime groups is 1. The number of pyridine rings is 1. The number of fused-ring (bicyclic) bond motifs is 1. The van der Waals surface area contributed by atoms with E-state index >= 15 is 0 Å². The lowest BCUT2D eigenvalue weighted by molar-refractivity contribution is 0.0519. The van der Waals surface area contributed by atoms with Crippen LogP contribution in [0.4, 0.5) is 0 Å². The predicted octanol–water partition coefficient (Wildman–Crippen LogP) is 6.68. The molecule has 4 nitrogen and oxygen atoms in total. The molecule has 1 aromatic heterocycles. The van der Waals surface area contributed by atoms with E-state index in [-0.39, 0.29) is 0 Å². The van der Waals surface area contributed by atoms with E-state index in [2.05, 4.69) is 5.16 Å². The van der Waals surface area contributed by atoms with Gasteiger partial charge >= 0.3 is 5.97 Å². The number of nitrogens with zero attached hydrogens (tertiary/aromatic N) is 2. The average Bonchev–Trinajstić information content (AvgIpc) is 2.79. The summed E-state index contributed by atoms with van der Waals surface area (Å²) in [4.78, 5) is 22.1. The van der Waals surface area contributed by atoms with Gasteiger partial charge in [-0.3, -0.25) is 0 Å². The first-order chi connectivity index (χ1) is 15.1. The smallest absolute Gasteiger partial charge is 0.313 e. The minimum Gasteiger partial charge on any atom is -0.313 e. The number of thioether (sulfide) groups is 1. The van der Waals surface area contributed by atoms with Gasteiger partial charge in [0.2, 0.25) is 0 Å². The van der Waals surface area contributed by atoms with Gasteiger partial charge < -0.3 is 4.84 Å². The van der Waals surface area contributed by atoms with Crippen LogP contribution < -0.4 is 0 Å². The first-order valence-electron chi connectivity index (χ1n) is 9.67. The molecule has 0 atom stereocenters. The maximum atomic E-state index is 12.2. The van der Waals surface area contributed by atoms with Gasteiger partial charge in [-0.25, -0.2) is 9.78 Å². The number of para-hydroxylation sites is 1. The van der Waals surface area contributed by atoms with E-state index in [9.17, 15) is 4.79 Å². The molecule has 4 rings (SSSR count). The molecule has 0 aliphatic heterocycles. The van der Waals surface area contributed by atoms with Crippen molar-refractivity contribution in [3.05, 3.63) is 106 Å². The van der Waals surface area contributed by atoms with Crippen molar-refractivity contribution in [3.8, 4) is 0 Å². The molecule has 31 heavy (non-hydrogen) atoms. The Morgan fingerprint density at radius 2 is 1.81 bits per heavy atom. The highest BCUT2D eigenvalue weighted by atomic mass is 35.5. The normalized spacial score (nSPS) is 11.2. The van der Waals surface area contributed by atoms with Gasteiger partial charge in [-0.2, -0.15) is 0 Å². The summed E-state index contributed by atoms with van der Waals surface area (Å²) in [6.07, 6.45) is 1.54. The number of halogens is 1. The van der Waals surface area contributed by atoms with Crippen LogP contribution in [0.1, 0.15) is 27.0 Å². The third kappa shape index (κ3) is 5.51. The van der Waals surface area contributed by atoms with Crippen molar-refractivity contribution in [3.63, 3.8) is 0 Å². The number of carbonyl (C=O) groups is 1. The van der Waals surface area contributed by atoms with Crippen LogP contribution in [0, 0.1) is 6.92 Å². The maximum Gasteiger partial charge on any atom is 0.365 e. The van der Waals surface area contributed by atoms with Crippen molar-refractivity contribution in [1.29, 1.82) is 0 Å². The molecule has 0 amide bonds. The number of benzene rings is 3. The zero-order valence-corrected chi connectivity index (χ0v) is 18.4. The molecule has 0 bridgehead atoms. The second-order valence-electron chi connectivity index (χ2n) is 6.97. The Labute approximate surface area is 189 Å². The highest BCUT2D eigenvalue weighted by Crippen LogP contribution is 2.27. The summed E-state index contributed by atoms with van der Waals surface area (Å²) in [5, 5.41) is 6.44. The van der Waals surface area contributed by atoms with E-state index < -0.39 is 5.97 Å². The summed E-state index contributed by atoms with van der Waals surface area (Å²) in [6, 6.07) is 24.8. The van der Waals surface area contributed by atoms with Crippen molar-refractivity contribution in [2.75, 3.05) is 0 Å². The van der Waals surface area contributed by atoms with E-state index in [0.717, 1.165) is 38.4 Å². The fraction of sp³-hybridized carbons (Fsp3) is 0.0800. The van der Waals surface area contributed by atoms with Crippen LogP contribution in [-0.2, 0) is 10.6 Å². The molecule has 0 saturated heterocycles. The summed E-state index contributed by atoms with van der Waals surface area (Å²) in [6.45, 7) is 1.96. The van der Waals surface area contributed by atoms with Crippen LogP contribution in [0.15, 0.2) is 89.0 Å². The van der Waals surface area contributed by atoms with E-state index in [0.29, 0.717) is 10.6 Å². The maximum absolute atomic E-state index is 12.2. The molecule has 0 N–H and O–H groups in total. The fourth-order valence-corrected chi connectivity index (χ4v) is 3.99. The van der Waals surface area contributed by atoms with Gasteiger partial charge in [0.15, 0.2) is 0 Å². The Morgan fingerprint density at radius 1 is 1.06 bits per heavy atom. The summed E-state index contributed by atoms with van der Waals surface area (Å²) < 4.78 is 0. The largest absolute Gasteiger partial charge is 0.365 e. The number of hydrogen-bond acceptors (Lipinski definition) is 5. The number of aromatic nitrogens is 1. The molecule has 0 spiro atoms. The molecular formula is C25H19ClN2O2S. The highest BCUT2D eigenvalue weighted by molar-refractivity contribution is 7.98. The lowest BCUT2D eigenvalue weighted by Gasteiger charge is -2.08. The Bertz CT molecular complexity index is 1240. The lowest BCUT2D eigenvalue weighted by Crippen LogP contribution is -2.01. The van der Waals surface area contributed by atoms with Gasteiger partial charge in [-0.05, 0) is 48.9 Å². The van der Waals surface area contributed by atoms with Crippen LogP contribution in [0.2, 0.25) is 5.02 Å². The molecule has 0 aliphatic rings. The van der Waals surface area contributed by atoms with E-state index in [4.69, 9.17) is 21.4 Å². The Hall–Kier alpha value is -3.15. The number of rotatable bonds is 6. The van der Waals surface area contributed by atoms with Gasteiger partial charge in [0, 0.05) is 21.7 Å². The molecule has 0 unspecified atom stereocenters. The molecule has 0 fully saturated rings. The summed E-state index contributed by atoms with van der Waals surface area (Å²) >= 11 is 7.57. The Morgan fingerprint density at radius 3 is 2.58 bits per heavy atom. The topological polar surface area (TPSA) is 51.5 Å². The summed E-state index contributed by atoms with van der Waals surface area (Å²) in [5.41, 5.74) is 4.35. The van der Waals surface area contributed by atoms with Crippen LogP contribution in [-0.4, -0.2) is 17.2 Å². The van der Waals surface area contributed by atoms with Gasteiger partial charge in [0.1, 0.15) is 5.03 Å². The third-order valence-electron chi connectivity index (χ3n) is 4.62. The van der Waals surface area contributed by atoms with Gasteiger partial charge in [0.25, 0.3) is 0 Å². The number of carbonyl (C=O) groups excluding carboxylic acids is 1. The molecule has 0 aliphatic carbocycles. The Balaban J connectivity index is 1.55. The van der Waals surface area contributed by atoms with Crippen molar-refractivity contribution in [2.45, 2.75) is 17.7 Å². The number of aryl methyl sites for hydroxylation is 1. The van der Waals surface area contributed by atoms with Crippen molar-refractivity contribution >= 4 is 46.4 Å². The first-order valence-corrected chi connectivity index (χ1v) is 11.0. The molecular weight excluding hydrogens is 428 g/mol. The molecule has 0 saturated carbocycles. The average molecular weight is 447 g/mol. The minimum atomic E-state index is -0.500. The second-order valence-corrected chi connectivity index (χ2v) is 8.37. The van der Waals surface area contributed by atoms with Gasteiger partial charge in [0.05, 0.1) is 17.3 Å². The molecule has 1 heterocycles. The van der Waals surface area contributed by atoms with Crippen LogP contribution >= 0.6 is 23.4 Å². The summed E-state index contributed by atoms with van der Waals surface area (Å²) in [7, 11) is 0. The zero-order valence-electron chi connectivity index (χ0n) is 16.8. The van der Waals surface area contributed by atoms with Gasteiger partial charge in [-0.1, -0.05) is 64.8 Å². The highest BCUT2D eigenvalue weighted by Gasteiger charge is 2.09. The fourth-order valence-electron chi connectivity index (χ4n) is 2.93. The third-order valence-corrected chi connectivity index (χ3v) is 5.95. The lowest BCUT2D eigenvalue weighted by atomic mass is 10.2. The van der Waals surface area contributed by atoms with E-state index in [1.165, 1.54) is 6.21 Å². The van der Waals surface area contributed by atoms with Crippen LogP contribution in [0.3, 0.4) is 0 Å². The second kappa shape index (κ2) is 9.77. The predicted molar refractivity (Wildman–Crippen MR) is 127 cm³/mol. The minimum absolute atomic E-state index is 0.455. The van der Waals surface area contributed by atoms with Crippen molar-refractivity contribution < 1.29 is 9.63 Å². The molecule has 6 heteroatoms. The Kier molecular flexibility index (Phi) is 6.65. The molecule has 154 valence electrons. The zero-order chi connectivity index (χ0) is 21.6. The standard InChI is InChI=1S/C25H19ClN2O2S/c1-17-6-10-19(11-7-17)25(29)30-27-15-21-14-20-4-2-3-5-23(20)28-24(21)31-16-18-8-12-22(26)13-9-18/h2-15H,16H2,1H3/b27-15-. The van der Waals surface area contributed by atoms with Crippen LogP contribution in [0.25, 0.3) is 10.9 Å². The molecule has 0 radical (unpaired) electrons. The summed E-state index contributed by atoms with van der Waals surface area (Å²) in [5.74, 6) is 0.229. The van der Waals surface area contributed by atoms with Crippen molar-refractivity contribution in [2.24, 2.45) is 5.16 Å². The number of hydrogen-bond donors (Lipinski definition) is 0. The molecule has 3 aromatic carbocycles. The SMILES string of the molecule is Cc1ccc(C(=O)O/N=C\c2cc3ccccc3nc2SCc2ccc(Cl)cc2)cc1. The monoisotopic (exact) mass is 446 g/mol. The van der Waals surface area contributed by atoms with Crippen molar-refractivity contribution in [1.82, 2.24) is 4.98 Å². The quantitative estimate of drug-likeness (QED) is 0.143. The van der Waals surface area contributed by atoms with Crippen LogP contribution in [0.5, 0.6) is 0 Å². The molecule has 4 aromatic rings.